The number of aliphatic hydroxyl groups is 8. The van der Waals surface area contributed by atoms with Gasteiger partial charge in [0.2, 0.25) is 5.91 Å². The van der Waals surface area contributed by atoms with E-state index < -0.39 is 86.8 Å². The van der Waals surface area contributed by atoms with Crippen LogP contribution in [0.1, 0.15) is 174 Å². The van der Waals surface area contributed by atoms with E-state index in [1.165, 1.54) is 32.1 Å². The van der Waals surface area contributed by atoms with Crippen LogP contribution in [0.2, 0.25) is 0 Å². The van der Waals surface area contributed by atoms with E-state index in [9.17, 15) is 45.6 Å². The van der Waals surface area contributed by atoms with Crippen LogP contribution in [0.5, 0.6) is 0 Å². The van der Waals surface area contributed by atoms with Crippen LogP contribution in [0.4, 0.5) is 0 Å². The highest BCUT2D eigenvalue weighted by atomic mass is 16.7. The maximum atomic E-state index is 13.2. The normalized spacial score (nSPS) is 25.4. The molecule has 2 fully saturated rings. The maximum absolute atomic E-state index is 13.2. The molecular formula is C65H105NO13. The van der Waals surface area contributed by atoms with Gasteiger partial charge in [0.25, 0.3) is 0 Å². The van der Waals surface area contributed by atoms with Gasteiger partial charge in [-0.05, 0) is 96.3 Å². The van der Waals surface area contributed by atoms with Crippen LogP contribution in [-0.2, 0) is 23.7 Å². The van der Waals surface area contributed by atoms with Crippen molar-refractivity contribution in [1.82, 2.24) is 5.32 Å². The largest absolute Gasteiger partial charge is 0.394 e. The van der Waals surface area contributed by atoms with Crippen LogP contribution < -0.4 is 5.32 Å². The molecule has 448 valence electrons. The highest BCUT2D eigenvalue weighted by Crippen LogP contribution is 2.30. The van der Waals surface area contributed by atoms with Crippen LogP contribution in [-0.4, -0.2) is 140 Å². The minimum absolute atomic E-state index is 0.242. The molecule has 0 aromatic rings. The lowest BCUT2D eigenvalue weighted by atomic mass is 9.97. The summed E-state index contributed by atoms with van der Waals surface area (Å²) in [6.07, 6.45) is 55.1. The Hall–Kier alpha value is -3.87. The predicted molar refractivity (Wildman–Crippen MR) is 318 cm³/mol. The number of unbranched alkanes of at least 4 members (excludes halogenated alkanes) is 12. The van der Waals surface area contributed by atoms with Gasteiger partial charge in [0.15, 0.2) is 12.6 Å². The zero-order chi connectivity index (χ0) is 57.4. The van der Waals surface area contributed by atoms with Crippen LogP contribution in [0, 0.1) is 0 Å². The number of carbonyl (C=O) groups is 1. The smallest absolute Gasteiger partial charge is 0.220 e. The molecule has 14 nitrogen and oxygen atoms in total. The highest BCUT2D eigenvalue weighted by Gasteiger charge is 2.51. The minimum atomic E-state index is -1.80. The number of carbonyl (C=O) groups excluding carboxylic acids is 1. The molecule has 2 aliphatic rings. The Morgan fingerprint density at radius 1 is 0.468 bits per heavy atom. The number of rotatable bonds is 45. The molecule has 2 saturated heterocycles. The molecule has 2 aliphatic heterocycles. The first-order valence-electron chi connectivity index (χ1n) is 29.9. The molecule has 0 aliphatic carbocycles. The topological polar surface area (TPSA) is 228 Å². The van der Waals surface area contributed by atoms with Gasteiger partial charge in [0.05, 0.1) is 32.0 Å². The molecule has 0 spiro atoms. The number of aliphatic hydroxyl groups excluding tert-OH is 8. The van der Waals surface area contributed by atoms with Gasteiger partial charge in [0, 0.05) is 6.42 Å². The Morgan fingerprint density at radius 2 is 0.873 bits per heavy atom. The van der Waals surface area contributed by atoms with Crippen LogP contribution in [0.15, 0.2) is 134 Å². The summed E-state index contributed by atoms with van der Waals surface area (Å²) in [5.74, 6) is -0.273. The van der Waals surface area contributed by atoms with Crippen LogP contribution in [0.25, 0.3) is 0 Å². The van der Waals surface area contributed by atoms with E-state index in [0.717, 1.165) is 116 Å². The second-order valence-corrected chi connectivity index (χ2v) is 20.4. The van der Waals surface area contributed by atoms with E-state index in [1.54, 1.807) is 6.08 Å². The van der Waals surface area contributed by atoms with E-state index in [4.69, 9.17) is 18.9 Å². The Kier molecular flexibility index (Phi) is 44.0. The fraction of sp³-hybridized carbons (Fsp3) is 0.646. The Morgan fingerprint density at radius 3 is 1.34 bits per heavy atom. The molecule has 0 radical (unpaired) electrons. The number of hydrogen-bond acceptors (Lipinski definition) is 13. The quantitative estimate of drug-likeness (QED) is 0.0205. The predicted octanol–water partition coefficient (Wildman–Crippen LogP) is 10.4. The lowest BCUT2D eigenvalue weighted by Gasteiger charge is -2.46. The summed E-state index contributed by atoms with van der Waals surface area (Å²) in [7, 11) is 0. The molecule has 2 heterocycles. The van der Waals surface area contributed by atoms with E-state index >= 15 is 0 Å². The van der Waals surface area contributed by atoms with Crippen molar-refractivity contribution in [2.24, 2.45) is 0 Å². The van der Waals surface area contributed by atoms with E-state index in [-0.39, 0.29) is 18.9 Å². The van der Waals surface area contributed by atoms with Crippen molar-refractivity contribution in [3.63, 3.8) is 0 Å². The van der Waals surface area contributed by atoms with Crippen molar-refractivity contribution >= 4 is 5.91 Å². The summed E-state index contributed by atoms with van der Waals surface area (Å²) in [6.45, 7) is 2.60. The van der Waals surface area contributed by atoms with Gasteiger partial charge < -0.3 is 65.1 Å². The Bertz CT molecular complexity index is 1830. The molecule has 2 rings (SSSR count). The van der Waals surface area contributed by atoms with Crippen molar-refractivity contribution in [3.8, 4) is 0 Å². The molecular weight excluding hydrogens is 1000 g/mol. The maximum Gasteiger partial charge on any atom is 0.220 e. The molecule has 14 heteroatoms. The lowest BCUT2D eigenvalue weighted by molar-refractivity contribution is -0.359. The fourth-order valence-corrected chi connectivity index (χ4v) is 8.79. The summed E-state index contributed by atoms with van der Waals surface area (Å²) >= 11 is 0. The van der Waals surface area contributed by atoms with Crippen molar-refractivity contribution in [3.05, 3.63) is 134 Å². The molecule has 0 aromatic heterocycles. The fourth-order valence-electron chi connectivity index (χ4n) is 8.79. The Balaban J connectivity index is 1.68. The molecule has 9 N–H and O–H groups in total. The van der Waals surface area contributed by atoms with Gasteiger partial charge in [0.1, 0.15) is 48.8 Å². The first-order chi connectivity index (χ1) is 38.6. The summed E-state index contributed by atoms with van der Waals surface area (Å²) < 4.78 is 22.7. The number of amides is 1. The van der Waals surface area contributed by atoms with E-state index in [2.05, 4.69) is 141 Å². The average Bonchev–Trinajstić information content (AvgIpc) is 3.47. The Labute approximate surface area is 475 Å². The molecule has 1 amide bonds. The second kappa shape index (κ2) is 48.8. The van der Waals surface area contributed by atoms with Gasteiger partial charge in [-0.2, -0.15) is 0 Å². The van der Waals surface area contributed by atoms with Crippen molar-refractivity contribution in [1.29, 1.82) is 0 Å². The zero-order valence-electron chi connectivity index (χ0n) is 48.0. The lowest BCUT2D eigenvalue weighted by Crippen LogP contribution is -2.65. The number of allylic oxidation sites excluding steroid dienone is 21. The molecule has 12 unspecified atom stereocenters. The van der Waals surface area contributed by atoms with Crippen molar-refractivity contribution in [2.75, 3.05) is 19.8 Å². The number of hydrogen-bond donors (Lipinski definition) is 9. The van der Waals surface area contributed by atoms with Crippen molar-refractivity contribution < 1.29 is 64.6 Å². The zero-order valence-corrected chi connectivity index (χ0v) is 48.0. The molecule has 0 aromatic carbocycles. The van der Waals surface area contributed by atoms with Gasteiger partial charge in [-0.15, -0.1) is 0 Å². The first-order valence-corrected chi connectivity index (χ1v) is 29.9. The van der Waals surface area contributed by atoms with Crippen molar-refractivity contribution in [2.45, 2.75) is 248 Å². The summed E-state index contributed by atoms with van der Waals surface area (Å²) in [6, 6.07) is -0.937. The average molecular weight is 1110 g/mol. The second-order valence-electron chi connectivity index (χ2n) is 20.4. The van der Waals surface area contributed by atoms with Gasteiger partial charge in [-0.3, -0.25) is 4.79 Å². The van der Waals surface area contributed by atoms with E-state index in [0.29, 0.717) is 6.42 Å². The third-order valence-corrected chi connectivity index (χ3v) is 13.6. The number of ether oxygens (including phenoxy) is 4. The first kappa shape index (κ1) is 71.2. The minimum Gasteiger partial charge on any atom is -0.394 e. The van der Waals surface area contributed by atoms with Gasteiger partial charge in [-0.25, -0.2) is 0 Å². The SMILES string of the molecule is CC/C=C\C/C=C\C/C=C\C/C=C\C/C=C\C/C=C\C/C=C\C/C=C\C/C=C\C/C=C\CCCCCCC(=O)NC(COC1OC(CO)C(OC2OC(CO)C(O)C(O)C2O)C(O)C1O)C(O)/C=C/CCCCCCCCCC. The van der Waals surface area contributed by atoms with Gasteiger partial charge in [-0.1, -0.05) is 205 Å². The molecule has 12 atom stereocenters. The van der Waals surface area contributed by atoms with Gasteiger partial charge >= 0.3 is 0 Å². The highest BCUT2D eigenvalue weighted by molar-refractivity contribution is 5.76. The van der Waals surface area contributed by atoms with E-state index in [1.807, 2.05) is 6.08 Å². The third-order valence-electron chi connectivity index (χ3n) is 13.6. The van der Waals surface area contributed by atoms with Crippen LogP contribution in [0.3, 0.4) is 0 Å². The summed E-state index contributed by atoms with van der Waals surface area (Å²) in [5, 5.41) is 86.8. The summed E-state index contributed by atoms with van der Waals surface area (Å²) in [5.41, 5.74) is 0. The molecule has 0 bridgehead atoms. The molecule has 79 heavy (non-hydrogen) atoms. The molecule has 0 saturated carbocycles. The monoisotopic (exact) mass is 1110 g/mol. The third kappa shape index (κ3) is 34.2. The number of nitrogens with one attached hydrogen (secondary N) is 1. The standard InChI is InChI=1S/C65H105NO13/c1-3-5-7-9-11-13-15-16-17-18-19-20-21-22-23-24-25-26-27-28-29-30-31-32-33-34-35-36-37-38-39-41-43-45-47-49-57(70)66-53(54(69)48-46-44-42-40-14-12-10-8-6-4-2)52-76-64-62(75)60(73)63(56(51-68)78-64)79-65-61(74)59(72)58(71)55(50-67)77-65/h5,7,11,13,16-17,19-20,22-23,25-26,28-29,31-32,34-35,37-38,46,48,53-56,58-65,67-69,71-75H,3-4,6,8-10,12,14-15,18,21,24,27,30,33,36,39-45,47,49-52H2,1-2H3,(H,66,70)/b7-5-,13-11-,17-16-,20-19-,23-22-,26-25-,29-28-,32-31-,35-34-,38-37-,48-46+. The summed E-state index contributed by atoms with van der Waals surface area (Å²) in [4.78, 5) is 13.2. The van der Waals surface area contributed by atoms with Crippen LogP contribution >= 0.6 is 0 Å².